The molecule has 0 unspecified atom stereocenters. The van der Waals surface area contributed by atoms with Crippen molar-refractivity contribution in [2.75, 3.05) is 32.1 Å². The van der Waals surface area contributed by atoms with Crippen LogP contribution in [0.4, 0.5) is 5.95 Å². The number of benzene rings is 1. The van der Waals surface area contributed by atoms with Gasteiger partial charge in [-0.15, -0.1) is 5.10 Å². The SMILES string of the molecule is CCN(CC)C(=O)c1cccc(-c2nc(N(C)C)n(C)n2)c1. The summed E-state index contributed by atoms with van der Waals surface area (Å²) in [4.78, 5) is 20.7. The maximum absolute atomic E-state index is 12.4. The van der Waals surface area contributed by atoms with E-state index in [2.05, 4.69) is 10.1 Å². The number of aryl methyl sites for hydroxylation is 1. The van der Waals surface area contributed by atoms with Gasteiger partial charge < -0.3 is 9.80 Å². The average Bonchev–Trinajstić information content (AvgIpc) is 2.91. The average molecular weight is 301 g/mol. The lowest BCUT2D eigenvalue weighted by Crippen LogP contribution is -2.30. The summed E-state index contributed by atoms with van der Waals surface area (Å²) in [5, 5.41) is 4.43. The second kappa shape index (κ2) is 6.60. The second-order valence-electron chi connectivity index (χ2n) is 5.31. The van der Waals surface area contributed by atoms with Crippen LogP contribution < -0.4 is 4.90 Å². The Hall–Kier alpha value is -2.37. The van der Waals surface area contributed by atoms with Crippen molar-refractivity contribution >= 4 is 11.9 Å². The van der Waals surface area contributed by atoms with E-state index < -0.39 is 0 Å². The van der Waals surface area contributed by atoms with Crippen LogP contribution in [0.5, 0.6) is 0 Å². The standard InChI is InChI=1S/C16H23N5O/c1-6-21(7-2)15(22)13-10-8-9-12(11-13)14-17-16(19(3)4)20(5)18-14/h8-11H,6-7H2,1-5H3. The van der Waals surface area contributed by atoms with Crippen LogP contribution in [0, 0.1) is 0 Å². The molecule has 0 aliphatic carbocycles. The number of nitrogens with zero attached hydrogens (tertiary/aromatic N) is 5. The molecule has 0 saturated heterocycles. The van der Waals surface area contributed by atoms with Crippen LogP contribution in [0.15, 0.2) is 24.3 Å². The van der Waals surface area contributed by atoms with Gasteiger partial charge in [0.2, 0.25) is 5.95 Å². The number of hydrogen-bond donors (Lipinski definition) is 0. The molecule has 1 aromatic heterocycles. The molecular formula is C16H23N5O. The van der Waals surface area contributed by atoms with Crippen molar-refractivity contribution in [1.29, 1.82) is 0 Å². The molecule has 22 heavy (non-hydrogen) atoms. The van der Waals surface area contributed by atoms with E-state index in [0.29, 0.717) is 24.5 Å². The van der Waals surface area contributed by atoms with E-state index in [-0.39, 0.29) is 5.91 Å². The molecular weight excluding hydrogens is 278 g/mol. The Morgan fingerprint density at radius 1 is 1.23 bits per heavy atom. The topological polar surface area (TPSA) is 54.3 Å². The first kappa shape index (κ1) is 16.0. The van der Waals surface area contributed by atoms with Crippen molar-refractivity contribution in [3.8, 4) is 11.4 Å². The molecule has 0 radical (unpaired) electrons. The highest BCUT2D eigenvalue weighted by molar-refractivity contribution is 5.95. The molecule has 0 spiro atoms. The zero-order valence-corrected chi connectivity index (χ0v) is 13.9. The van der Waals surface area contributed by atoms with E-state index in [4.69, 9.17) is 0 Å². The quantitative estimate of drug-likeness (QED) is 0.848. The molecule has 1 amide bonds. The number of anilines is 1. The van der Waals surface area contributed by atoms with Crippen LogP contribution in [0.3, 0.4) is 0 Å². The molecule has 0 atom stereocenters. The Labute approximate surface area is 131 Å². The maximum Gasteiger partial charge on any atom is 0.253 e. The smallest absolute Gasteiger partial charge is 0.253 e. The van der Waals surface area contributed by atoms with Crippen LogP contribution in [0.2, 0.25) is 0 Å². The Morgan fingerprint density at radius 2 is 1.91 bits per heavy atom. The molecule has 0 fully saturated rings. The third-order valence-corrected chi connectivity index (χ3v) is 3.56. The van der Waals surface area contributed by atoms with Gasteiger partial charge in [-0.2, -0.15) is 4.98 Å². The number of carbonyl (C=O) groups is 1. The molecule has 2 aromatic rings. The molecule has 0 aliphatic heterocycles. The summed E-state index contributed by atoms with van der Waals surface area (Å²) in [5.41, 5.74) is 1.52. The van der Waals surface area contributed by atoms with Crippen molar-refractivity contribution in [3.05, 3.63) is 29.8 Å². The minimum Gasteiger partial charge on any atom is -0.347 e. The summed E-state index contributed by atoms with van der Waals surface area (Å²) in [7, 11) is 5.71. The zero-order chi connectivity index (χ0) is 16.3. The predicted octanol–water partition coefficient (Wildman–Crippen LogP) is 2.03. The molecule has 0 bridgehead atoms. The Morgan fingerprint density at radius 3 is 2.45 bits per heavy atom. The van der Waals surface area contributed by atoms with Crippen molar-refractivity contribution in [3.63, 3.8) is 0 Å². The summed E-state index contributed by atoms with van der Waals surface area (Å²) in [6.07, 6.45) is 0. The van der Waals surface area contributed by atoms with E-state index >= 15 is 0 Å². The summed E-state index contributed by atoms with van der Waals surface area (Å²) in [5.74, 6) is 1.44. The number of hydrogen-bond acceptors (Lipinski definition) is 4. The molecule has 0 saturated carbocycles. The summed E-state index contributed by atoms with van der Waals surface area (Å²) >= 11 is 0. The fourth-order valence-corrected chi connectivity index (χ4v) is 2.37. The minimum absolute atomic E-state index is 0.0376. The van der Waals surface area contributed by atoms with Gasteiger partial charge in [0, 0.05) is 45.4 Å². The monoisotopic (exact) mass is 301 g/mol. The number of carbonyl (C=O) groups excluding carboxylic acids is 1. The molecule has 0 aliphatic rings. The lowest BCUT2D eigenvalue weighted by atomic mass is 10.1. The van der Waals surface area contributed by atoms with Crippen molar-refractivity contribution in [1.82, 2.24) is 19.7 Å². The van der Waals surface area contributed by atoms with E-state index in [1.54, 1.807) is 9.58 Å². The Balaban J connectivity index is 2.36. The van der Waals surface area contributed by atoms with E-state index in [0.717, 1.165) is 11.5 Å². The van der Waals surface area contributed by atoms with Gasteiger partial charge in [-0.25, -0.2) is 4.68 Å². The molecule has 6 nitrogen and oxygen atoms in total. The van der Waals surface area contributed by atoms with Crippen LogP contribution in [-0.2, 0) is 7.05 Å². The maximum atomic E-state index is 12.4. The summed E-state index contributed by atoms with van der Waals surface area (Å²) in [6, 6.07) is 7.49. The molecule has 0 N–H and O–H groups in total. The first-order valence-electron chi connectivity index (χ1n) is 7.46. The summed E-state index contributed by atoms with van der Waals surface area (Å²) < 4.78 is 1.73. The molecule has 118 valence electrons. The van der Waals surface area contributed by atoms with Crippen LogP contribution in [-0.4, -0.2) is 52.8 Å². The van der Waals surface area contributed by atoms with Gasteiger partial charge in [0.1, 0.15) is 0 Å². The van der Waals surface area contributed by atoms with Gasteiger partial charge in [0.05, 0.1) is 0 Å². The van der Waals surface area contributed by atoms with E-state index in [1.165, 1.54) is 0 Å². The predicted molar refractivity (Wildman–Crippen MR) is 88.0 cm³/mol. The van der Waals surface area contributed by atoms with Crippen LogP contribution >= 0.6 is 0 Å². The molecule has 1 aromatic carbocycles. The molecule has 1 heterocycles. The Bertz CT molecular complexity index is 658. The normalized spacial score (nSPS) is 10.6. The van der Waals surface area contributed by atoms with Gasteiger partial charge in [0.15, 0.2) is 5.82 Å². The first-order chi connectivity index (χ1) is 10.5. The lowest BCUT2D eigenvalue weighted by molar-refractivity contribution is 0.0773. The first-order valence-corrected chi connectivity index (χ1v) is 7.46. The highest BCUT2D eigenvalue weighted by atomic mass is 16.2. The minimum atomic E-state index is 0.0376. The zero-order valence-electron chi connectivity index (χ0n) is 13.9. The summed E-state index contributed by atoms with van der Waals surface area (Å²) in [6.45, 7) is 5.36. The van der Waals surface area contributed by atoms with Crippen LogP contribution in [0.1, 0.15) is 24.2 Å². The molecule has 2 rings (SSSR count). The van der Waals surface area contributed by atoms with Crippen molar-refractivity contribution in [2.24, 2.45) is 7.05 Å². The lowest BCUT2D eigenvalue weighted by Gasteiger charge is -2.18. The third kappa shape index (κ3) is 3.10. The Kier molecular flexibility index (Phi) is 4.80. The number of amides is 1. The van der Waals surface area contributed by atoms with Gasteiger partial charge in [-0.1, -0.05) is 12.1 Å². The second-order valence-corrected chi connectivity index (χ2v) is 5.31. The highest BCUT2D eigenvalue weighted by Gasteiger charge is 2.15. The van der Waals surface area contributed by atoms with Crippen molar-refractivity contribution < 1.29 is 4.79 Å². The van der Waals surface area contributed by atoms with Gasteiger partial charge in [0.25, 0.3) is 5.91 Å². The van der Waals surface area contributed by atoms with E-state index in [9.17, 15) is 4.79 Å². The van der Waals surface area contributed by atoms with E-state index in [1.807, 2.05) is 64.2 Å². The van der Waals surface area contributed by atoms with Crippen molar-refractivity contribution in [2.45, 2.75) is 13.8 Å². The molecule has 6 heteroatoms. The fourth-order valence-electron chi connectivity index (χ4n) is 2.37. The largest absolute Gasteiger partial charge is 0.347 e. The van der Waals surface area contributed by atoms with Gasteiger partial charge in [-0.3, -0.25) is 4.79 Å². The van der Waals surface area contributed by atoms with Crippen LogP contribution in [0.25, 0.3) is 11.4 Å². The number of aromatic nitrogens is 3. The third-order valence-electron chi connectivity index (χ3n) is 3.56. The highest BCUT2D eigenvalue weighted by Crippen LogP contribution is 2.20. The number of rotatable bonds is 5. The van der Waals surface area contributed by atoms with Gasteiger partial charge >= 0.3 is 0 Å². The fraction of sp³-hybridized carbons (Fsp3) is 0.438. The van der Waals surface area contributed by atoms with Gasteiger partial charge in [-0.05, 0) is 26.0 Å².